The van der Waals surface area contributed by atoms with E-state index in [-0.39, 0.29) is 5.82 Å². The fourth-order valence-electron chi connectivity index (χ4n) is 2.09. The van der Waals surface area contributed by atoms with Gasteiger partial charge in [-0.25, -0.2) is 14.4 Å². The zero-order valence-corrected chi connectivity index (χ0v) is 12.3. The van der Waals surface area contributed by atoms with E-state index in [0.717, 1.165) is 10.9 Å². The van der Waals surface area contributed by atoms with E-state index in [4.69, 9.17) is 4.74 Å². The van der Waals surface area contributed by atoms with Crippen LogP contribution in [0.1, 0.15) is 12.6 Å². The molecule has 2 aromatic heterocycles. The first-order valence-electron chi connectivity index (χ1n) is 6.52. The molecule has 3 rings (SSSR count). The summed E-state index contributed by atoms with van der Waals surface area (Å²) in [4.78, 5) is 8.74. The SMILES string of the molecule is C=C(OCC)c1ccnc(-c2csc3c(F)cccc23)n1. The lowest BCUT2D eigenvalue weighted by atomic mass is 10.1. The van der Waals surface area contributed by atoms with Crippen molar-refractivity contribution in [3.05, 3.63) is 53.9 Å². The van der Waals surface area contributed by atoms with Crippen LogP contribution < -0.4 is 0 Å². The van der Waals surface area contributed by atoms with Crippen molar-refractivity contribution in [2.24, 2.45) is 0 Å². The number of halogens is 1. The summed E-state index contributed by atoms with van der Waals surface area (Å²) in [5.41, 5.74) is 1.46. The zero-order valence-electron chi connectivity index (χ0n) is 11.5. The van der Waals surface area contributed by atoms with Crippen LogP contribution in [0.15, 0.2) is 42.4 Å². The van der Waals surface area contributed by atoms with E-state index >= 15 is 0 Å². The fraction of sp³-hybridized carbons (Fsp3) is 0.125. The number of rotatable bonds is 4. The van der Waals surface area contributed by atoms with Gasteiger partial charge < -0.3 is 4.74 Å². The highest BCUT2D eigenvalue weighted by Gasteiger charge is 2.13. The molecule has 3 nitrogen and oxygen atoms in total. The average Bonchev–Trinajstić information content (AvgIpc) is 2.93. The van der Waals surface area contributed by atoms with Crippen LogP contribution in [-0.2, 0) is 4.74 Å². The molecule has 0 aliphatic rings. The summed E-state index contributed by atoms with van der Waals surface area (Å²) in [6.07, 6.45) is 1.66. The third kappa shape index (κ3) is 2.52. The van der Waals surface area contributed by atoms with Gasteiger partial charge in [0.15, 0.2) is 5.82 Å². The largest absolute Gasteiger partial charge is 0.492 e. The number of hydrogen-bond acceptors (Lipinski definition) is 4. The summed E-state index contributed by atoms with van der Waals surface area (Å²) in [5, 5.41) is 2.69. The van der Waals surface area contributed by atoms with Crippen LogP contribution in [0.25, 0.3) is 27.2 Å². The van der Waals surface area contributed by atoms with Gasteiger partial charge in [0.05, 0.1) is 11.3 Å². The van der Waals surface area contributed by atoms with Crippen LogP contribution in [0.4, 0.5) is 4.39 Å². The molecule has 0 saturated carbocycles. The Bertz CT molecular complexity index is 813. The molecule has 0 atom stereocenters. The Balaban J connectivity index is 2.09. The van der Waals surface area contributed by atoms with Crippen LogP contribution in [0.5, 0.6) is 0 Å². The molecule has 0 saturated heterocycles. The summed E-state index contributed by atoms with van der Waals surface area (Å²) >= 11 is 1.35. The Labute approximate surface area is 125 Å². The summed E-state index contributed by atoms with van der Waals surface area (Å²) < 4.78 is 19.7. The van der Waals surface area contributed by atoms with Crippen LogP contribution in [0.3, 0.4) is 0 Å². The molecule has 0 bridgehead atoms. The minimum Gasteiger partial charge on any atom is -0.492 e. The molecule has 0 spiro atoms. The molecule has 0 N–H and O–H groups in total. The Hall–Kier alpha value is -2.27. The number of thiophene rings is 1. The highest BCUT2D eigenvalue weighted by Crippen LogP contribution is 2.33. The van der Waals surface area contributed by atoms with Crippen molar-refractivity contribution in [1.82, 2.24) is 9.97 Å². The fourth-order valence-corrected chi connectivity index (χ4v) is 3.04. The van der Waals surface area contributed by atoms with E-state index < -0.39 is 0 Å². The first-order chi connectivity index (χ1) is 10.2. The van der Waals surface area contributed by atoms with Crippen molar-refractivity contribution in [3.63, 3.8) is 0 Å². The molecule has 21 heavy (non-hydrogen) atoms. The van der Waals surface area contributed by atoms with Crippen molar-refractivity contribution in [1.29, 1.82) is 0 Å². The quantitative estimate of drug-likeness (QED) is 0.665. The smallest absolute Gasteiger partial charge is 0.161 e. The van der Waals surface area contributed by atoms with Crippen molar-refractivity contribution in [3.8, 4) is 11.4 Å². The van der Waals surface area contributed by atoms with Gasteiger partial charge in [0.2, 0.25) is 0 Å². The van der Waals surface area contributed by atoms with Crippen LogP contribution >= 0.6 is 11.3 Å². The molecular weight excluding hydrogens is 287 g/mol. The lowest BCUT2D eigenvalue weighted by Gasteiger charge is -2.07. The average molecular weight is 300 g/mol. The molecule has 0 aliphatic heterocycles. The summed E-state index contributed by atoms with van der Waals surface area (Å²) in [6.45, 7) is 6.27. The Morgan fingerprint density at radius 3 is 3.05 bits per heavy atom. The van der Waals surface area contributed by atoms with Crippen molar-refractivity contribution < 1.29 is 9.13 Å². The molecule has 5 heteroatoms. The highest BCUT2D eigenvalue weighted by atomic mass is 32.1. The van der Waals surface area contributed by atoms with E-state index in [1.54, 1.807) is 18.3 Å². The van der Waals surface area contributed by atoms with E-state index in [0.29, 0.717) is 28.6 Å². The first-order valence-corrected chi connectivity index (χ1v) is 7.40. The zero-order chi connectivity index (χ0) is 14.8. The number of fused-ring (bicyclic) bond motifs is 1. The molecule has 0 amide bonds. The third-order valence-corrected chi connectivity index (χ3v) is 4.06. The van der Waals surface area contributed by atoms with Crippen LogP contribution in [0.2, 0.25) is 0 Å². The molecule has 2 heterocycles. The van der Waals surface area contributed by atoms with Gasteiger partial charge in [-0.05, 0) is 19.1 Å². The molecule has 0 unspecified atom stereocenters. The Morgan fingerprint density at radius 2 is 2.24 bits per heavy atom. The van der Waals surface area contributed by atoms with Crippen LogP contribution in [-0.4, -0.2) is 16.6 Å². The predicted octanol–water partition coefficient (Wildman–Crippen LogP) is 4.50. The minimum atomic E-state index is -0.223. The summed E-state index contributed by atoms with van der Waals surface area (Å²) in [5.74, 6) is 0.829. The molecule has 3 aromatic rings. The maximum Gasteiger partial charge on any atom is 0.161 e. The van der Waals surface area contributed by atoms with Crippen molar-refractivity contribution >= 4 is 27.2 Å². The van der Waals surface area contributed by atoms with E-state index in [2.05, 4.69) is 16.5 Å². The van der Waals surface area contributed by atoms with Gasteiger partial charge in [-0.3, -0.25) is 0 Å². The number of benzene rings is 1. The molecule has 106 valence electrons. The topological polar surface area (TPSA) is 35.0 Å². The molecule has 1 aromatic carbocycles. The Kier molecular flexibility index (Phi) is 3.66. The lowest BCUT2D eigenvalue weighted by Crippen LogP contribution is -1.96. The first kappa shape index (κ1) is 13.7. The van der Waals surface area contributed by atoms with Crippen molar-refractivity contribution in [2.75, 3.05) is 6.61 Å². The lowest BCUT2D eigenvalue weighted by molar-refractivity contribution is 0.298. The van der Waals surface area contributed by atoms with Gasteiger partial charge in [0.25, 0.3) is 0 Å². The van der Waals surface area contributed by atoms with Gasteiger partial charge in [0.1, 0.15) is 17.3 Å². The van der Waals surface area contributed by atoms with Gasteiger partial charge in [-0.1, -0.05) is 18.7 Å². The van der Waals surface area contributed by atoms with E-state index in [9.17, 15) is 4.39 Å². The summed E-state index contributed by atoms with van der Waals surface area (Å²) in [7, 11) is 0. The van der Waals surface area contributed by atoms with Crippen molar-refractivity contribution in [2.45, 2.75) is 6.92 Å². The van der Waals surface area contributed by atoms with Gasteiger partial charge in [-0.15, -0.1) is 11.3 Å². The molecular formula is C16H13FN2OS. The minimum absolute atomic E-state index is 0.223. The Morgan fingerprint density at radius 1 is 1.38 bits per heavy atom. The predicted molar refractivity (Wildman–Crippen MR) is 83.5 cm³/mol. The molecule has 0 fully saturated rings. The monoisotopic (exact) mass is 300 g/mol. The van der Waals surface area contributed by atoms with Crippen LogP contribution in [0, 0.1) is 5.82 Å². The molecule has 0 radical (unpaired) electrons. The summed E-state index contributed by atoms with van der Waals surface area (Å²) in [6, 6.07) is 6.77. The normalized spacial score (nSPS) is 10.8. The second-order valence-electron chi connectivity index (χ2n) is 4.39. The number of nitrogens with zero attached hydrogens (tertiary/aromatic N) is 2. The maximum absolute atomic E-state index is 13.8. The number of aromatic nitrogens is 2. The van der Waals surface area contributed by atoms with Gasteiger partial charge >= 0.3 is 0 Å². The number of hydrogen-bond donors (Lipinski definition) is 0. The maximum atomic E-state index is 13.8. The second kappa shape index (κ2) is 5.61. The molecule has 0 aliphatic carbocycles. The second-order valence-corrected chi connectivity index (χ2v) is 5.27. The number of ether oxygens (including phenoxy) is 1. The standard InChI is InChI=1S/C16H13FN2OS/c1-3-20-10(2)14-7-8-18-16(19-14)12-9-21-15-11(12)5-4-6-13(15)17/h4-9H,2-3H2,1H3. The third-order valence-electron chi connectivity index (χ3n) is 3.05. The van der Waals surface area contributed by atoms with E-state index in [1.807, 2.05) is 18.4 Å². The highest BCUT2D eigenvalue weighted by molar-refractivity contribution is 7.17. The van der Waals surface area contributed by atoms with Gasteiger partial charge in [-0.2, -0.15) is 0 Å². The van der Waals surface area contributed by atoms with Gasteiger partial charge in [0, 0.05) is 22.5 Å². The van der Waals surface area contributed by atoms with E-state index in [1.165, 1.54) is 17.4 Å².